The maximum atomic E-state index is 12.4. The standard InChI is InChI=1S/C28H42N8O3Si.C9H16N2/c1-28(2,3)39-27(37)34-13-11-33(12-14-34)19-23(7-9-29)36-18-22(17-32-36)25-24-8-10-35(26(24)31-20-30-25)21-38-15-16-40(4,5)6;1-2-5-9-10-6-4-8-11(9)7-3-1/h8,10,17-18,20,23H,7,11-16,19,21H2,1-6H3;1-8H2. The Labute approximate surface area is 304 Å². The maximum Gasteiger partial charge on any atom is 0.410 e. The Balaban J connectivity index is 0.000000386. The Morgan fingerprint density at radius 1 is 1.04 bits per heavy atom. The van der Waals surface area contributed by atoms with Gasteiger partial charge < -0.3 is 23.8 Å². The largest absolute Gasteiger partial charge is 0.444 e. The van der Waals surface area contributed by atoms with E-state index < -0.39 is 13.7 Å². The highest BCUT2D eigenvalue weighted by Crippen LogP contribution is 2.27. The van der Waals surface area contributed by atoms with E-state index in [-0.39, 0.29) is 12.1 Å². The fourth-order valence-electron chi connectivity index (χ4n) is 6.56. The third-order valence-corrected chi connectivity index (χ3v) is 11.1. The number of rotatable bonds is 10. The summed E-state index contributed by atoms with van der Waals surface area (Å²) in [5.41, 5.74) is 1.99. The summed E-state index contributed by atoms with van der Waals surface area (Å²) in [6, 6.07) is 5.33. The minimum atomic E-state index is -1.14. The minimum Gasteiger partial charge on any atom is -0.444 e. The van der Waals surface area contributed by atoms with E-state index in [9.17, 15) is 10.1 Å². The van der Waals surface area contributed by atoms with Crippen LogP contribution >= 0.6 is 0 Å². The first kappa shape index (κ1) is 38.4. The predicted molar refractivity (Wildman–Crippen MR) is 203 cm³/mol. The van der Waals surface area contributed by atoms with E-state index in [1.54, 1.807) is 17.4 Å². The maximum absolute atomic E-state index is 12.4. The van der Waals surface area contributed by atoms with Crippen LogP contribution in [0.3, 0.4) is 0 Å². The molecule has 3 aliphatic rings. The second kappa shape index (κ2) is 17.6. The van der Waals surface area contributed by atoms with Crippen LogP contribution in [0.2, 0.25) is 25.7 Å². The molecule has 6 rings (SSSR count). The number of nitriles is 1. The van der Waals surface area contributed by atoms with Crippen LogP contribution in [0.4, 0.5) is 4.79 Å². The zero-order valence-electron chi connectivity index (χ0n) is 31.7. The Hall–Kier alpha value is -3.80. The van der Waals surface area contributed by atoms with E-state index in [0.29, 0.717) is 32.8 Å². The second-order valence-electron chi connectivity index (χ2n) is 16.0. The number of hydrogen-bond donors (Lipinski definition) is 0. The van der Waals surface area contributed by atoms with E-state index in [2.05, 4.69) is 55.6 Å². The second-order valence-corrected chi connectivity index (χ2v) is 21.7. The van der Waals surface area contributed by atoms with Gasteiger partial charge >= 0.3 is 6.09 Å². The summed E-state index contributed by atoms with van der Waals surface area (Å²) >= 11 is 0. The molecule has 14 heteroatoms. The number of nitrogens with zero attached hydrogens (tertiary/aromatic N) is 10. The van der Waals surface area contributed by atoms with Gasteiger partial charge in [0.1, 0.15) is 24.3 Å². The molecule has 278 valence electrons. The van der Waals surface area contributed by atoms with Gasteiger partial charge in [0.15, 0.2) is 0 Å². The average molecular weight is 719 g/mol. The molecular weight excluding hydrogens is 661 g/mol. The number of piperazine rings is 1. The molecule has 1 unspecified atom stereocenters. The summed E-state index contributed by atoms with van der Waals surface area (Å²) in [4.78, 5) is 32.5. The highest BCUT2D eigenvalue weighted by molar-refractivity contribution is 6.76. The lowest BCUT2D eigenvalue weighted by atomic mass is 10.1. The molecule has 0 aromatic carbocycles. The fraction of sp³-hybridized carbons (Fsp3) is 0.676. The lowest BCUT2D eigenvalue weighted by Crippen LogP contribution is -2.51. The monoisotopic (exact) mass is 718 g/mol. The van der Waals surface area contributed by atoms with Crippen LogP contribution in [0.25, 0.3) is 22.3 Å². The summed E-state index contributed by atoms with van der Waals surface area (Å²) in [7, 11) is -1.14. The van der Waals surface area contributed by atoms with Crippen LogP contribution in [-0.4, -0.2) is 124 Å². The van der Waals surface area contributed by atoms with E-state index in [4.69, 9.17) is 9.47 Å². The van der Waals surface area contributed by atoms with Crippen molar-refractivity contribution in [2.75, 3.05) is 59.0 Å². The average Bonchev–Trinajstić information content (AvgIpc) is 3.67. The first-order valence-corrected chi connectivity index (χ1v) is 22.4. The first-order chi connectivity index (χ1) is 24.4. The lowest BCUT2D eigenvalue weighted by molar-refractivity contribution is 0.0134. The molecule has 0 aliphatic carbocycles. The molecule has 3 aliphatic heterocycles. The smallest absolute Gasteiger partial charge is 0.410 e. The number of hydrogen-bond acceptors (Lipinski definition) is 10. The van der Waals surface area contributed by atoms with Gasteiger partial charge in [-0.05, 0) is 52.1 Å². The summed E-state index contributed by atoms with van der Waals surface area (Å²) in [5, 5.41) is 15.1. The number of fused-ring (bicyclic) bond motifs is 2. The van der Waals surface area contributed by atoms with Crippen molar-refractivity contribution in [1.29, 1.82) is 5.26 Å². The molecule has 6 heterocycles. The van der Waals surface area contributed by atoms with E-state index in [1.807, 2.05) is 48.5 Å². The molecule has 3 aromatic rings. The summed E-state index contributed by atoms with van der Waals surface area (Å²) in [6.45, 7) is 20.7. The Kier molecular flexibility index (Phi) is 13.3. The van der Waals surface area contributed by atoms with Crippen molar-refractivity contribution in [3.63, 3.8) is 0 Å². The normalized spacial score (nSPS) is 17.9. The van der Waals surface area contributed by atoms with Crippen LogP contribution in [0, 0.1) is 11.3 Å². The van der Waals surface area contributed by atoms with Gasteiger partial charge in [-0.2, -0.15) is 10.4 Å². The Morgan fingerprint density at radius 2 is 1.82 bits per heavy atom. The predicted octanol–water partition coefficient (Wildman–Crippen LogP) is 6.28. The molecule has 0 N–H and O–H groups in total. The van der Waals surface area contributed by atoms with Crippen molar-refractivity contribution in [2.45, 2.75) is 103 Å². The van der Waals surface area contributed by atoms with Crippen molar-refractivity contribution < 1.29 is 14.3 Å². The summed E-state index contributed by atoms with van der Waals surface area (Å²) in [5.74, 6) is 1.40. The van der Waals surface area contributed by atoms with Crippen molar-refractivity contribution in [2.24, 2.45) is 4.99 Å². The van der Waals surface area contributed by atoms with Gasteiger partial charge in [0.05, 0.1) is 36.3 Å². The van der Waals surface area contributed by atoms with Gasteiger partial charge in [0, 0.05) is 96.8 Å². The van der Waals surface area contributed by atoms with Crippen molar-refractivity contribution >= 4 is 31.0 Å². The fourth-order valence-corrected chi connectivity index (χ4v) is 7.32. The highest BCUT2D eigenvalue weighted by Gasteiger charge is 2.28. The molecule has 13 nitrogen and oxygen atoms in total. The van der Waals surface area contributed by atoms with Gasteiger partial charge in [-0.15, -0.1) is 0 Å². The molecule has 0 bridgehead atoms. The number of amides is 1. The third-order valence-electron chi connectivity index (χ3n) is 9.43. The van der Waals surface area contributed by atoms with Crippen LogP contribution < -0.4 is 0 Å². The van der Waals surface area contributed by atoms with Crippen molar-refractivity contribution in [1.82, 2.24) is 39.0 Å². The quantitative estimate of drug-likeness (QED) is 0.176. The van der Waals surface area contributed by atoms with E-state index >= 15 is 0 Å². The molecule has 2 saturated heterocycles. The molecule has 1 atom stereocenters. The highest BCUT2D eigenvalue weighted by atomic mass is 28.3. The first-order valence-electron chi connectivity index (χ1n) is 18.7. The SMILES string of the molecule is C1CCC2=NCCCN2CC1.CC(C)(C)OC(=O)N1CCN(CC(CC#N)n2cc(-c3ncnc4c3ccn4COCC[Si](C)(C)C)cn2)CC1. The number of carbonyl (C=O) groups excluding carboxylic acids is 1. The lowest BCUT2D eigenvalue weighted by Gasteiger charge is -2.36. The Bertz CT molecular complexity index is 1640. The molecule has 3 aromatic heterocycles. The number of aliphatic imine (C=N–C) groups is 1. The molecule has 1 amide bonds. The third kappa shape index (κ3) is 11.3. The molecule has 51 heavy (non-hydrogen) atoms. The molecule has 0 radical (unpaired) electrons. The van der Waals surface area contributed by atoms with Crippen molar-refractivity contribution in [3.8, 4) is 17.3 Å². The van der Waals surface area contributed by atoms with Crippen LogP contribution in [0.15, 0.2) is 36.0 Å². The van der Waals surface area contributed by atoms with E-state index in [1.165, 1.54) is 51.0 Å². The molecule has 0 spiro atoms. The number of carbonyl (C=O) groups is 1. The summed E-state index contributed by atoms with van der Waals surface area (Å²) < 4.78 is 15.3. The minimum absolute atomic E-state index is 0.117. The van der Waals surface area contributed by atoms with E-state index in [0.717, 1.165) is 54.6 Å². The number of amidine groups is 1. The van der Waals surface area contributed by atoms with Gasteiger partial charge in [-0.3, -0.25) is 14.6 Å². The van der Waals surface area contributed by atoms with Crippen LogP contribution in [0.1, 0.15) is 65.3 Å². The number of ether oxygens (including phenoxy) is 2. The van der Waals surface area contributed by atoms with Crippen LogP contribution in [-0.2, 0) is 16.2 Å². The van der Waals surface area contributed by atoms with Gasteiger partial charge in [0.25, 0.3) is 0 Å². The van der Waals surface area contributed by atoms with Gasteiger partial charge in [0.2, 0.25) is 0 Å². The zero-order chi connectivity index (χ0) is 36.4. The van der Waals surface area contributed by atoms with Crippen molar-refractivity contribution in [3.05, 3.63) is 31.0 Å². The van der Waals surface area contributed by atoms with Gasteiger partial charge in [-0.25, -0.2) is 14.8 Å². The zero-order valence-corrected chi connectivity index (χ0v) is 32.7. The number of aromatic nitrogens is 5. The molecular formula is C37H58N10O3Si. The summed E-state index contributed by atoms with van der Waals surface area (Å²) in [6.07, 6.45) is 14.0. The topological polar surface area (TPSA) is 130 Å². The molecule has 0 saturated carbocycles. The molecule has 2 fully saturated rings. The van der Waals surface area contributed by atoms with Crippen LogP contribution in [0.5, 0.6) is 0 Å². The Morgan fingerprint density at radius 3 is 2.57 bits per heavy atom. The van der Waals surface area contributed by atoms with Gasteiger partial charge in [-0.1, -0.05) is 26.1 Å².